The van der Waals surface area contributed by atoms with E-state index in [-0.39, 0.29) is 6.61 Å². The second-order valence-electron chi connectivity index (χ2n) is 3.94. The van der Waals surface area contributed by atoms with Crippen molar-refractivity contribution in [2.75, 3.05) is 13.7 Å². The molecule has 1 atom stereocenters. The first kappa shape index (κ1) is 16.8. The third-order valence-corrected chi connectivity index (χ3v) is 2.56. The van der Waals surface area contributed by atoms with Gasteiger partial charge in [0.25, 0.3) is 5.91 Å². The standard InChI is InChI=1S/C13H15ClN2O5/c1-8(12(18)16-13(19)15-2)21-11(17)7-20-10-5-3-9(14)4-6-10/h3-6,8H,7H2,1-2H3,(H2,15,16,18,19)/t8-/m0/s1. The number of rotatable bonds is 5. The molecule has 7 nitrogen and oxygen atoms in total. The second-order valence-corrected chi connectivity index (χ2v) is 4.38. The average molecular weight is 315 g/mol. The highest BCUT2D eigenvalue weighted by molar-refractivity contribution is 6.30. The molecule has 0 radical (unpaired) electrons. The third-order valence-electron chi connectivity index (χ3n) is 2.31. The van der Waals surface area contributed by atoms with E-state index < -0.39 is 24.0 Å². The smallest absolute Gasteiger partial charge is 0.344 e. The monoisotopic (exact) mass is 314 g/mol. The normalized spacial score (nSPS) is 11.2. The number of hydrogen-bond donors (Lipinski definition) is 2. The van der Waals surface area contributed by atoms with E-state index in [9.17, 15) is 14.4 Å². The minimum Gasteiger partial charge on any atom is -0.482 e. The molecule has 114 valence electrons. The lowest BCUT2D eigenvalue weighted by Crippen LogP contribution is -2.43. The number of benzene rings is 1. The van der Waals surface area contributed by atoms with Crippen LogP contribution in [0.1, 0.15) is 6.92 Å². The Morgan fingerprint density at radius 2 is 1.86 bits per heavy atom. The van der Waals surface area contributed by atoms with E-state index in [0.29, 0.717) is 10.8 Å². The number of ether oxygens (including phenoxy) is 2. The van der Waals surface area contributed by atoms with Gasteiger partial charge in [0.05, 0.1) is 0 Å². The molecule has 3 amide bonds. The van der Waals surface area contributed by atoms with Crippen molar-refractivity contribution >= 4 is 29.5 Å². The van der Waals surface area contributed by atoms with Crippen LogP contribution >= 0.6 is 11.6 Å². The zero-order valence-electron chi connectivity index (χ0n) is 11.5. The molecule has 0 bridgehead atoms. The molecule has 0 saturated heterocycles. The first-order valence-corrected chi connectivity index (χ1v) is 6.40. The van der Waals surface area contributed by atoms with E-state index in [1.165, 1.54) is 14.0 Å². The summed E-state index contributed by atoms with van der Waals surface area (Å²) in [7, 11) is 1.36. The fourth-order valence-corrected chi connectivity index (χ4v) is 1.36. The molecule has 8 heteroatoms. The van der Waals surface area contributed by atoms with Gasteiger partial charge < -0.3 is 14.8 Å². The SMILES string of the molecule is CNC(=O)NC(=O)[C@H](C)OC(=O)COc1ccc(Cl)cc1. The highest BCUT2D eigenvalue weighted by Gasteiger charge is 2.19. The van der Waals surface area contributed by atoms with E-state index in [4.69, 9.17) is 21.1 Å². The number of halogens is 1. The molecule has 0 saturated carbocycles. The summed E-state index contributed by atoms with van der Waals surface area (Å²) in [6, 6.07) is 5.73. The number of urea groups is 1. The van der Waals surface area contributed by atoms with Crippen LogP contribution in [0.4, 0.5) is 4.79 Å². The van der Waals surface area contributed by atoms with E-state index in [1.54, 1.807) is 24.3 Å². The van der Waals surface area contributed by atoms with Crippen LogP contribution in [0.25, 0.3) is 0 Å². The van der Waals surface area contributed by atoms with Crippen LogP contribution in [0.5, 0.6) is 5.75 Å². The average Bonchev–Trinajstić information content (AvgIpc) is 2.46. The highest BCUT2D eigenvalue weighted by atomic mass is 35.5. The summed E-state index contributed by atoms with van der Waals surface area (Å²) in [5, 5.41) is 4.75. The molecule has 1 aromatic carbocycles. The predicted molar refractivity (Wildman–Crippen MR) is 75.1 cm³/mol. The van der Waals surface area contributed by atoms with Gasteiger partial charge in [0, 0.05) is 12.1 Å². The number of carbonyl (C=O) groups excluding carboxylic acids is 3. The molecule has 0 aliphatic rings. The first-order valence-electron chi connectivity index (χ1n) is 6.02. The lowest BCUT2D eigenvalue weighted by atomic mass is 10.3. The molecule has 0 spiro atoms. The Morgan fingerprint density at radius 3 is 2.43 bits per heavy atom. The number of hydrogen-bond acceptors (Lipinski definition) is 5. The summed E-state index contributed by atoms with van der Waals surface area (Å²) >= 11 is 5.71. The molecule has 0 fully saturated rings. The van der Waals surface area contributed by atoms with E-state index >= 15 is 0 Å². The number of esters is 1. The molecule has 0 aliphatic carbocycles. The van der Waals surface area contributed by atoms with Gasteiger partial charge in [0.15, 0.2) is 12.7 Å². The summed E-state index contributed by atoms with van der Waals surface area (Å²) in [6.07, 6.45) is -1.11. The Balaban J connectivity index is 2.37. The summed E-state index contributed by atoms with van der Waals surface area (Å²) in [4.78, 5) is 33.9. The largest absolute Gasteiger partial charge is 0.482 e. The predicted octanol–water partition coefficient (Wildman–Crippen LogP) is 1.11. The Kier molecular flexibility index (Phi) is 6.48. The summed E-state index contributed by atoms with van der Waals surface area (Å²) in [6.45, 7) is 0.984. The van der Waals surface area contributed by atoms with E-state index in [2.05, 4.69) is 5.32 Å². The molecule has 2 N–H and O–H groups in total. The van der Waals surface area contributed by atoms with Crippen molar-refractivity contribution in [3.63, 3.8) is 0 Å². The second kappa shape index (κ2) is 8.11. The van der Waals surface area contributed by atoms with Crippen molar-refractivity contribution in [1.29, 1.82) is 0 Å². The van der Waals surface area contributed by atoms with Crippen LogP contribution in [-0.4, -0.2) is 37.7 Å². The van der Waals surface area contributed by atoms with Gasteiger partial charge in [-0.1, -0.05) is 11.6 Å². The maximum Gasteiger partial charge on any atom is 0.344 e. The highest BCUT2D eigenvalue weighted by Crippen LogP contribution is 2.15. The summed E-state index contributed by atoms with van der Waals surface area (Å²) in [5.41, 5.74) is 0. The van der Waals surface area contributed by atoms with Gasteiger partial charge in [-0.05, 0) is 31.2 Å². The Bertz CT molecular complexity index is 518. The molecule has 1 aromatic rings. The molecule has 1 rings (SSSR count). The zero-order valence-corrected chi connectivity index (χ0v) is 12.3. The number of amides is 3. The van der Waals surface area contributed by atoms with Crippen LogP contribution in [0, 0.1) is 0 Å². The third kappa shape index (κ3) is 6.13. The van der Waals surface area contributed by atoms with Gasteiger partial charge in [-0.2, -0.15) is 0 Å². The van der Waals surface area contributed by atoms with Gasteiger partial charge >= 0.3 is 12.0 Å². The van der Waals surface area contributed by atoms with E-state index in [0.717, 1.165) is 0 Å². The fraction of sp³-hybridized carbons (Fsp3) is 0.308. The van der Waals surface area contributed by atoms with Gasteiger partial charge in [0.1, 0.15) is 5.75 Å². The number of nitrogens with one attached hydrogen (secondary N) is 2. The minimum absolute atomic E-state index is 0.362. The van der Waals surface area contributed by atoms with Crippen LogP contribution in [0.15, 0.2) is 24.3 Å². The van der Waals surface area contributed by atoms with Crippen molar-refractivity contribution in [1.82, 2.24) is 10.6 Å². The number of carbonyl (C=O) groups is 3. The van der Waals surface area contributed by atoms with Gasteiger partial charge in [-0.15, -0.1) is 0 Å². The van der Waals surface area contributed by atoms with Gasteiger partial charge in [-0.25, -0.2) is 9.59 Å². The molecule has 0 aliphatic heterocycles. The Morgan fingerprint density at radius 1 is 1.24 bits per heavy atom. The molecule has 0 aromatic heterocycles. The Labute approximate surface area is 126 Å². The number of imide groups is 1. The zero-order chi connectivity index (χ0) is 15.8. The van der Waals surface area contributed by atoms with Crippen LogP contribution < -0.4 is 15.4 Å². The van der Waals surface area contributed by atoms with Crippen LogP contribution in [0.3, 0.4) is 0 Å². The summed E-state index contributed by atoms with van der Waals surface area (Å²) < 4.78 is 9.98. The van der Waals surface area contributed by atoms with Crippen molar-refractivity contribution in [2.24, 2.45) is 0 Å². The first-order chi connectivity index (χ1) is 9.92. The van der Waals surface area contributed by atoms with Crippen molar-refractivity contribution in [3.8, 4) is 5.75 Å². The summed E-state index contributed by atoms with van der Waals surface area (Å²) in [5.74, 6) is -1.02. The van der Waals surface area contributed by atoms with Gasteiger partial charge in [0.2, 0.25) is 0 Å². The van der Waals surface area contributed by atoms with E-state index in [1.807, 2.05) is 5.32 Å². The molecule has 0 unspecified atom stereocenters. The minimum atomic E-state index is -1.11. The van der Waals surface area contributed by atoms with Crippen molar-refractivity contribution in [2.45, 2.75) is 13.0 Å². The molecular formula is C13H15ClN2O5. The lowest BCUT2D eigenvalue weighted by molar-refractivity contribution is -0.156. The maximum atomic E-state index is 11.5. The molecule has 21 heavy (non-hydrogen) atoms. The molecular weight excluding hydrogens is 300 g/mol. The maximum absolute atomic E-state index is 11.5. The lowest BCUT2D eigenvalue weighted by Gasteiger charge is -2.13. The van der Waals surface area contributed by atoms with Crippen LogP contribution in [0.2, 0.25) is 5.02 Å². The van der Waals surface area contributed by atoms with Crippen molar-refractivity contribution < 1.29 is 23.9 Å². The van der Waals surface area contributed by atoms with Gasteiger partial charge in [-0.3, -0.25) is 10.1 Å². The quantitative estimate of drug-likeness (QED) is 0.794. The molecule has 0 heterocycles. The van der Waals surface area contributed by atoms with Crippen molar-refractivity contribution in [3.05, 3.63) is 29.3 Å². The topological polar surface area (TPSA) is 93.7 Å². The Hall–Kier alpha value is -2.28. The van der Waals surface area contributed by atoms with Crippen LogP contribution in [-0.2, 0) is 14.3 Å². The fourth-order valence-electron chi connectivity index (χ4n) is 1.23.